The van der Waals surface area contributed by atoms with Crippen LogP contribution in [0, 0.1) is 105 Å². The summed E-state index contributed by atoms with van der Waals surface area (Å²) in [6, 6.07) is 0. The van der Waals surface area contributed by atoms with Gasteiger partial charge in [-0.1, -0.05) is 27.7 Å². The second-order valence-corrected chi connectivity index (χ2v) is 31.1. The molecule has 0 aliphatic heterocycles. The molecule has 0 aromatic carbocycles. The van der Waals surface area contributed by atoms with Gasteiger partial charge in [0.25, 0.3) is 0 Å². The van der Waals surface area contributed by atoms with E-state index in [1.165, 1.54) is 12.8 Å². The molecule has 12 aliphatic rings. The summed E-state index contributed by atoms with van der Waals surface area (Å²) in [7, 11) is -1.51. The largest absolute Gasteiger partial charge is 0.418 e. The number of hydrogen-bond donors (Lipinski definition) is 7. The normalized spacial score (nSPS) is 62.9. The van der Waals surface area contributed by atoms with Crippen LogP contribution in [0.25, 0.3) is 0 Å². The molecule has 0 aromatic rings. The van der Waals surface area contributed by atoms with Crippen molar-refractivity contribution in [2.45, 2.75) is 198 Å². The van der Waals surface area contributed by atoms with Gasteiger partial charge in [0.2, 0.25) is 0 Å². The van der Waals surface area contributed by atoms with Gasteiger partial charge in [0, 0.05) is 26.1 Å². The lowest BCUT2D eigenvalue weighted by Gasteiger charge is -2.64. The maximum Gasteiger partial charge on any atom is 0.183 e. The van der Waals surface area contributed by atoms with Gasteiger partial charge in [-0.25, -0.2) is 0 Å². The molecule has 60 heavy (non-hydrogen) atoms. The minimum absolute atomic E-state index is 0.0219. The molecular formula is C51H84O8Si. The van der Waals surface area contributed by atoms with Crippen LogP contribution in [0.2, 0.25) is 19.6 Å². The van der Waals surface area contributed by atoms with Crippen LogP contribution in [0.4, 0.5) is 0 Å². The minimum Gasteiger partial charge on any atom is -0.418 e. The predicted molar refractivity (Wildman–Crippen MR) is 233 cm³/mol. The van der Waals surface area contributed by atoms with Crippen molar-refractivity contribution >= 4 is 8.32 Å². The highest BCUT2D eigenvalue weighted by atomic mass is 28.4. The first kappa shape index (κ1) is 42.5. The van der Waals surface area contributed by atoms with E-state index in [0.29, 0.717) is 102 Å². The number of fused-ring (bicyclic) bond motifs is 20. The zero-order chi connectivity index (χ0) is 42.6. The van der Waals surface area contributed by atoms with Gasteiger partial charge in [-0.15, -0.1) is 0 Å². The monoisotopic (exact) mass is 853 g/mol. The standard InChI is InChI=1S/C27H46O4Si.C24H38O4/c1-24-10-7-16(28)15-27(24,30)20-13-17(20)22-19(24)8-11-25(2)23(22)18-14-21(18)26(25,29)9-6-12-31-32(3,4)5;1-21-7-4-13(26)12-24(21,28)17-10-14(17)19-16(21)5-8-22(2)20(19)15-11-18(15)23(22,27)6-3-9-25/h16-23,28-30H,6-15H2,1-5H3;13-20,25-28H,3-12H2,1-2H3/t16-,17-,18+,19?,20+,21-,22?,23?,24+,25-,26-,27+;13-,14-,15+,16?,17+,18-,19?,20?,21+,22-,23-,24+/m00/s1. The third-order valence-corrected chi connectivity index (χ3v) is 24.6. The topological polar surface area (TPSA) is 151 Å². The van der Waals surface area contributed by atoms with Crippen molar-refractivity contribution in [2.75, 3.05) is 13.2 Å². The molecule has 8 nitrogen and oxygen atoms in total. The molecule has 0 bridgehead atoms. The van der Waals surface area contributed by atoms with Crippen LogP contribution in [-0.2, 0) is 4.43 Å². The molecule has 0 heterocycles. The molecule has 0 aromatic heterocycles. The fourth-order valence-corrected chi connectivity index (χ4v) is 21.4. The van der Waals surface area contributed by atoms with Crippen molar-refractivity contribution in [2.24, 2.45) is 105 Å². The Labute approximate surface area is 362 Å². The van der Waals surface area contributed by atoms with E-state index in [-0.39, 0.29) is 40.5 Å². The van der Waals surface area contributed by atoms with E-state index in [0.717, 1.165) is 90.1 Å². The van der Waals surface area contributed by atoms with E-state index in [1.54, 1.807) is 0 Å². The van der Waals surface area contributed by atoms with Crippen LogP contribution in [0.1, 0.15) is 143 Å². The highest BCUT2D eigenvalue weighted by Crippen LogP contribution is 2.84. The van der Waals surface area contributed by atoms with Crippen LogP contribution in [0.15, 0.2) is 0 Å². The average Bonchev–Trinajstić information content (AvgIpc) is 3.99. The maximum absolute atomic E-state index is 12.2. The molecular weight excluding hydrogens is 769 g/mol. The molecule has 0 amide bonds. The van der Waals surface area contributed by atoms with Crippen molar-refractivity contribution in [3.63, 3.8) is 0 Å². The van der Waals surface area contributed by atoms with Crippen molar-refractivity contribution in [3.05, 3.63) is 0 Å². The molecule has 9 heteroatoms. The number of rotatable bonds is 8. The highest BCUT2D eigenvalue weighted by Gasteiger charge is 2.83. The van der Waals surface area contributed by atoms with Gasteiger partial charge in [-0.05, 0) is 227 Å². The van der Waals surface area contributed by atoms with E-state index in [4.69, 9.17) is 4.43 Å². The van der Waals surface area contributed by atoms with Crippen LogP contribution < -0.4 is 0 Å². The zero-order valence-electron chi connectivity index (χ0n) is 38.4. The van der Waals surface area contributed by atoms with Crippen molar-refractivity contribution < 1.29 is 40.2 Å². The summed E-state index contributed by atoms with van der Waals surface area (Å²) in [5.74, 6) is 7.84. The number of aliphatic hydroxyl groups is 7. The molecule has 0 radical (unpaired) electrons. The van der Waals surface area contributed by atoms with Gasteiger partial charge in [-0.2, -0.15) is 0 Å². The van der Waals surface area contributed by atoms with Crippen LogP contribution in [-0.4, -0.2) is 91.9 Å². The number of aliphatic hydroxyl groups excluding tert-OH is 3. The second-order valence-electron chi connectivity index (χ2n) is 26.6. The van der Waals surface area contributed by atoms with E-state index in [2.05, 4.69) is 47.3 Å². The van der Waals surface area contributed by atoms with E-state index in [9.17, 15) is 35.7 Å². The molecule has 6 unspecified atom stereocenters. The molecule has 12 rings (SSSR count). The first-order valence-corrected chi connectivity index (χ1v) is 29.0. The third kappa shape index (κ3) is 5.31. The van der Waals surface area contributed by atoms with Crippen molar-refractivity contribution in [3.8, 4) is 0 Å². The molecule has 24 atom stereocenters. The first-order chi connectivity index (χ1) is 28.1. The Morgan fingerprint density at radius 1 is 0.517 bits per heavy atom. The lowest BCUT2D eigenvalue weighted by molar-refractivity contribution is -0.237. The second kappa shape index (κ2) is 13.1. The van der Waals surface area contributed by atoms with Gasteiger partial charge >= 0.3 is 0 Å². The molecule has 0 spiro atoms. The Morgan fingerprint density at radius 3 is 1.33 bits per heavy atom. The Bertz CT molecular complexity index is 1740. The summed E-state index contributed by atoms with van der Waals surface area (Å²) >= 11 is 0. The molecule has 12 saturated carbocycles. The van der Waals surface area contributed by atoms with E-state index >= 15 is 0 Å². The summed E-state index contributed by atoms with van der Waals surface area (Å²) in [5, 5.41) is 78.0. The van der Waals surface area contributed by atoms with E-state index < -0.39 is 30.7 Å². The highest BCUT2D eigenvalue weighted by molar-refractivity contribution is 6.69. The summed E-state index contributed by atoms with van der Waals surface area (Å²) in [6.45, 7) is 17.2. The third-order valence-electron chi connectivity index (χ3n) is 23.5. The summed E-state index contributed by atoms with van der Waals surface area (Å²) < 4.78 is 6.13. The molecule has 12 fully saturated rings. The summed E-state index contributed by atoms with van der Waals surface area (Å²) in [6.07, 6.45) is 16.4. The lowest BCUT2D eigenvalue weighted by atomic mass is 9.42. The molecule has 0 saturated heterocycles. The van der Waals surface area contributed by atoms with Crippen LogP contribution in [0.3, 0.4) is 0 Å². The van der Waals surface area contributed by atoms with Gasteiger partial charge < -0.3 is 40.2 Å². The van der Waals surface area contributed by atoms with Crippen molar-refractivity contribution in [1.29, 1.82) is 0 Å². The Kier molecular flexibility index (Phi) is 9.26. The average molecular weight is 853 g/mol. The molecule has 340 valence electrons. The van der Waals surface area contributed by atoms with Crippen LogP contribution >= 0.6 is 0 Å². The molecule has 7 N–H and O–H groups in total. The Hall–Kier alpha value is -0.103. The predicted octanol–water partition coefficient (Wildman–Crippen LogP) is 7.30. The lowest BCUT2D eigenvalue weighted by Crippen LogP contribution is -2.65. The quantitative estimate of drug-likeness (QED) is 0.0994. The fraction of sp³-hybridized carbons (Fsp3) is 1.00. The number of hydrogen-bond acceptors (Lipinski definition) is 8. The molecule has 12 aliphatic carbocycles. The van der Waals surface area contributed by atoms with Crippen LogP contribution in [0.5, 0.6) is 0 Å². The van der Waals surface area contributed by atoms with Crippen molar-refractivity contribution in [1.82, 2.24) is 0 Å². The van der Waals surface area contributed by atoms with E-state index in [1.807, 2.05) is 0 Å². The Balaban J connectivity index is 0.000000137. The summed E-state index contributed by atoms with van der Waals surface area (Å²) in [5.41, 5.74) is -2.62. The van der Waals surface area contributed by atoms with Gasteiger partial charge in [-0.3, -0.25) is 0 Å². The first-order valence-electron chi connectivity index (χ1n) is 25.6. The smallest absolute Gasteiger partial charge is 0.183 e. The minimum atomic E-state index is -1.51. The SMILES string of the molecule is C[C@]12CCC3C(C1[C@@H]1C[C@@H]1[C@@]2(O)CCCO)[C@H]1C[C@H]1[C@]1(O)C[C@@H](O)CC[C@]31C.C[C@]12CCC3C(C1[C@@H]1C[C@@H]1[C@@]2(O)CCCO[Si](C)(C)C)[C@H]1C[C@H]1[C@]1(O)C[C@@H](O)CC[C@]31C. The Morgan fingerprint density at radius 2 is 0.917 bits per heavy atom. The van der Waals surface area contributed by atoms with Gasteiger partial charge in [0.05, 0.1) is 34.6 Å². The summed E-state index contributed by atoms with van der Waals surface area (Å²) in [4.78, 5) is 0. The van der Waals surface area contributed by atoms with Gasteiger partial charge in [0.1, 0.15) is 0 Å². The van der Waals surface area contributed by atoms with Gasteiger partial charge in [0.15, 0.2) is 8.32 Å². The zero-order valence-corrected chi connectivity index (χ0v) is 39.4. The maximum atomic E-state index is 12.2. The fourth-order valence-electron chi connectivity index (χ4n) is 20.6.